The number of hydrogen-bond acceptors (Lipinski definition) is 3. The Morgan fingerprint density at radius 2 is 1.90 bits per heavy atom. The van der Waals surface area contributed by atoms with E-state index in [1.807, 2.05) is 25.1 Å². The predicted molar refractivity (Wildman–Crippen MR) is 76.5 cm³/mol. The summed E-state index contributed by atoms with van der Waals surface area (Å²) < 4.78 is 33.1. The molecule has 0 aliphatic carbocycles. The fourth-order valence-corrected chi connectivity index (χ4v) is 2.44. The molecule has 2 aromatic carbocycles. The van der Waals surface area contributed by atoms with Crippen LogP contribution >= 0.6 is 0 Å². The quantitative estimate of drug-likeness (QED) is 0.572. The van der Waals surface area contributed by atoms with E-state index in [9.17, 15) is 8.78 Å². The minimum Gasteiger partial charge on any atom is -0.459 e. The van der Waals surface area contributed by atoms with Crippen LogP contribution < -0.4 is 11.3 Å². The Morgan fingerprint density at radius 3 is 2.62 bits per heavy atom. The maximum Gasteiger partial charge on any atom is 0.164 e. The summed E-state index contributed by atoms with van der Waals surface area (Å²) in [7, 11) is 0. The van der Waals surface area contributed by atoms with E-state index in [1.54, 1.807) is 6.07 Å². The maximum atomic E-state index is 13.9. The summed E-state index contributed by atoms with van der Waals surface area (Å²) in [5.41, 5.74) is 4.27. The van der Waals surface area contributed by atoms with Gasteiger partial charge in [0.05, 0.1) is 0 Å². The molecule has 1 unspecified atom stereocenters. The summed E-state index contributed by atoms with van der Waals surface area (Å²) in [4.78, 5) is 0. The molecule has 3 aromatic rings. The minimum absolute atomic E-state index is 0.106. The number of halogens is 2. The molecule has 5 heteroatoms. The zero-order valence-corrected chi connectivity index (χ0v) is 11.4. The van der Waals surface area contributed by atoms with Crippen molar-refractivity contribution < 1.29 is 13.2 Å². The lowest BCUT2D eigenvalue weighted by Gasteiger charge is -2.14. The second-order valence-electron chi connectivity index (χ2n) is 4.88. The van der Waals surface area contributed by atoms with Crippen LogP contribution in [0.5, 0.6) is 0 Å². The summed E-state index contributed by atoms with van der Waals surface area (Å²) in [6.45, 7) is 1.92. The third-order valence-corrected chi connectivity index (χ3v) is 3.50. The molecule has 0 saturated heterocycles. The van der Waals surface area contributed by atoms with Crippen LogP contribution in [0.2, 0.25) is 0 Å². The fraction of sp³-hybridized carbons (Fsp3) is 0.125. The third-order valence-electron chi connectivity index (χ3n) is 3.50. The van der Waals surface area contributed by atoms with Gasteiger partial charge in [-0.3, -0.25) is 5.84 Å². The molecule has 0 spiro atoms. The van der Waals surface area contributed by atoms with Gasteiger partial charge in [-0.25, -0.2) is 14.2 Å². The fourth-order valence-electron chi connectivity index (χ4n) is 2.44. The van der Waals surface area contributed by atoms with Crippen molar-refractivity contribution in [3.63, 3.8) is 0 Å². The summed E-state index contributed by atoms with van der Waals surface area (Å²) in [5, 5.41) is 0.891. The SMILES string of the molecule is Cc1cccc2cc(C(NN)c3cccc(F)c3F)oc12. The molecule has 1 aromatic heterocycles. The van der Waals surface area contributed by atoms with Crippen molar-refractivity contribution in [1.82, 2.24) is 5.43 Å². The summed E-state index contributed by atoms with van der Waals surface area (Å²) in [5.74, 6) is 4.10. The summed E-state index contributed by atoms with van der Waals surface area (Å²) in [6, 6.07) is 10.7. The maximum absolute atomic E-state index is 13.9. The first-order chi connectivity index (χ1) is 10.1. The van der Waals surface area contributed by atoms with E-state index in [1.165, 1.54) is 12.1 Å². The van der Waals surface area contributed by atoms with Gasteiger partial charge in [-0.15, -0.1) is 0 Å². The molecule has 0 aliphatic heterocycles. The lowest BCUT2D eigenvalue weighted by atomic mass is 10.0. The standard InChI is InChI=1S/C16H14F2N2O/c1-9-4-2-5-10-8-13(21-16(9)10)15(20-19)11-6-3-7-12(17)14(11)18/h2-8,15,20H,19H2,1H3. The van der Waals surface area contributed by atoms with Gasteiger partial charge in [-0.2, -0.15) is 0 Å². The van der Waals surface area contributed by atoms with Gasteiger partial charge < -0.3 is 4.42 Å². The van der Waals surface area contributed by atoms with Crippen LogP contribution in [0.4, 0.5) is 8.78 Å². The van der Waals surface area contributed by atoms with Gasteiger partial charge in [0.25, 0.3) is 0 Å². The molecule has 1 atom stereocenters. The summed E-state index contributed by atoms with van der Waals surface area (Å²) in [6.07, 6.45) is 0. The molecule has 3 N–H and O–H groups in total. The molecule has 0 bridgehead atoms. The third kappa shape index (κ3) is 2.30. The average Bonchev–Trinajstić information content (AvgIpc) is 2.89. The zero-order valence-electron chi connectivity index (χ0n) is 11.4. The lowest BCUT2D eigenvalue weighted by molar-refractivity contribution is 0.444. The average molecular weight is 288 g/mol. The second kappa shape index (κ2) is 5.27. The van der Waals surface area contributed by atoms with E-state index in [-0.39, 0.29) is 5.56 Å². The van der Waals surface area contributed by atoms with Crippen molar-refractivity contribution in [3.8, 4) is 0 Å². The Hall–Kier alpha value is -2.24. The molecule has 0 amide bonds. The highest BCUT2D eigenvalue weighted by atomic mass is 19.2. The lowest BCUT2D eigenvalue weighted by Crippen LogP contribution is -2.29. The van der Waals surface area contributed by atoms with Crippen molar-refractivity contribution in [2.45, 2.75) is 13.0 Å². The highest BCUT2D eigenvalue weighted by Gasteiger charge is 2.22. The molecule has 0 saturated carbocycles. The Bertz CT molecular complexity index is 798. The van der Waals surface area contributed by atoms with Gasteiger partial charge >= 0.3 is 0 Å². The monoisotopic (exact) mass is 288 g/mol. The summed E-state index contributed by atoms with van der Waals surface area (Å²) >= 11 is 0. The van der Waals surface area contributed by atoms with Gasteiger partial charge in [0.1, 0.15) is 17.4 Å². The Balaban J connectivity index is 2.14. The number of nitrogens with two attached hydrogens (primary N) is 1. The number of nitrogens with one attached hydrogen (secondary N) is 1. The first-order valence-electron chi connectivity index (χ1n) is 6.51. The number of furan rings is 1. The highest BCUT2D eigenvalue weighted by Crippen LogP contribution is 2.31. The van der Waals surface area contributed by atoms with E-state index in [2.05, 4.69) is 5.43 Å². The van der Waals surface area contributed by atoms with Gasteiger partial charge in [-0.05, 0) is 24.6 Å². The van der Waals surface area contributed by atoms with Crippen molar-refractivity contribution >= 4 is 11.0 Å². The van der Waals surface area contributed by atoms with Crippen LogP contribution in [0.1, 0.15) is 22.9 Å². The number of aryl methyl sites for hydroxylation is 1. The molecule has 3 rings (SSSR count). The van der Waals surface area contributed by atoms with Gasteiger partial charge in [0, 0.05) is 10.9 Å². The zero-order chi connectivity index (χ0) is 15.0. The minimum atomic E-state index is -0.933. The highest BCUT2D eigenvalue weighted by molar-refractivity contribution is 5.81. The van der Waals surface area contributed by atoms with Crippen molar-refractivity contribution in [2.75, 3.05) is 0 Å². The van der Waals surface area contributed by atoms with Crippen molar-refractivity contribution in [2.24, 2.45) is 5.84 Å². The van der Waals surface area contributed by atoms with Crippen LogP contribution in [0.3, 0.4) is 0 Å². The van der Waals surface area contributed by atoms with Gasteiger partial charge in [0.15, 0.2) is 11.6 Å². The Kier molecular flexibility index (Phi) is 3.45. The first-order valence-corrected chi connectivity index (χ1v) is 6.51. The number of hydrogen-bond donors (Lipinski definition) is 2. The van der Waals surface area contributed by atoms with Crippen LogP contribution in [-0.2, 0) is 0 Å². The predicted octanol–water partition coefficient (Wildman–Crippen LogP) is 3.57. The number of rotatable bonds is 3. The number of fused-ring (bicyclic) bond motifs is 1. The van der Waals surface area contributed by atoms with Crippen molar-refractivity contribution in [3.05, 3.63) is 71.0 Å². The largest absolute Gasteiger partial charge is 0.459 e. The molecular weight excluding hydrogens is 274 g/mol. The Morgan fingerprint density at radius 1 is 1.14 bits per heavy atom. The molecule has 21 heavy (non-hydrogen) atoms. The van der Waals surface area contributed by atoms with Crippen LogP contribution in [0.15, 0.2) is 46.9 Å². The van der Waals surface area contributed by atoms with Crippen LogP contribution in [0.25, 0.3) is 11.0 Å². The van der Waals surface area contributed by atoms with Crippen LogP contribution in [-0.4, -0.2) is 0 Å². The van der Waals surface area contributed by atoms with E-state index in [4.69, 9.17) is 10.3 Å². The second-order valence-corrected chi connectivity index (χ2v) is 4.88. The normalized spacial score (nSPS) is 12.8. The first kappa shape index (κ1) is 13.7. The van der Waals surface area contributed by atoms with Gasteiger partial charge in [-0.1, -0.05) is 30.3 Å². The molecular formula is C16H14F2N2O. The molecule has 1 heterocycles. The molecule has 0 fully saturated rings. The number of benzene rings is 2. The van der Waals surface area contributed by atoms with E-state index in [0.29, 0.717) is 11.3 Å². The molecule has 0 radical (unpaired) electrons. The molecule has 0 aliphatic rings. The molecule has 3 nitrogen and oxygen atoms in total. The van der Waals surface area contributed by atoms with E-state index < -0.39 is 17.7 Å². The van der Waals surface area contributed by atoms with Gasteiger partial charge in [0.2, 0.25) is 0 Å². The van der Waals surface area contributed by atoms with E-state index >= 15 is 0 Å². The Labute approximate surface area is 120 Å². The molecule has 108 valence electrons. The number of para-hydroxylation sites is 1. The smallest absolute Gasteiger partial charge is 0.164 e. The van der Waals surface area contributed by atoms with Crippen LogP contribution in [0, 0.1) is 18.6 Å². The van der Waals surface area contributed by atoms with E-state index in [0.717, 1.165) is 17.0 Å². The number of hydrazine groups is 1. The topological polar surface area (TPSA) is 51.2 Å². The van der Waals surface area contributed by atoms with Crippen molar-refractivity contribution in [1.29, 1.82) is 0 Å².